The molecular formula is C13H24BrNS. The van der Waals surface area contributed by atoms with E-state index in [4.69, 9.17) is 0 Å². The Bertz CT molecular complexity index is 216. The van der Waals surface area contributed by atoms with Gasteiger partial charge >= 0.3 is 0 Å². The fraction of sp³-hybridized carbons (Fsp3) is 1.00. The van der Waals surface area contributed by atoms with Crippen LogP contribution in [0.15, 0.2) is 0 Å². The molecule has 1 saturated heterocycles. The first-order chi connectivity index (χ1) is 7.74. The van der Waals surface area contributed by atoms with Crippen molar-refractivity contribution in [3.05, 3.63) is 0 Å². The van der Waals surface area contributed by atoms with E-state index in [0.717, 1.165) is 5.25 Å². The summed E-state index contributed by atoms with van der Waals surface area (Å²) in [5.74, 6) is 1.33. The molecule has 1 heterocycles. The number of alkyl halides is 1. The highest BCUT2D eigenvalue weighted by Crippen LogP contribution is 2.39. The van der Waals surface area contributed by atoms with Gasteiger partial charge in [0.15, 0.2) is 0 Å². The van der Waals surface area contributed by atoms with Crippen molar-refractivity contribution in [2.75, 3.05) is 30.7 Å². The quantitative estimate of drug-likeness (QED) is 0.730. The smallest absolute Gasteiger partial charge is 0.0147 e. The Morgan fingerprint density at radius 1 is 1.31 bits per heavy atom. The van der Waals surface area contributed by atoms with Crippen LogP contribution in [-0.4, -0.2) is 40.9 Å². The summed E-state index contributed by atoms with van der Waals surface area (Å²) in [7, 11) is 0. The summed E-state index contributed by atoms with van der Waals surface area (Å²) in [5.41, 5.74) is 0.597. The van der Waals surface area contributed by atoms with E-state index in [2.05, 4.69) is 39.5 Å². The molecular weight excluding hydrogens is 282 g/mol. The molecule has 1 atom stereocenters. The van der Waals surface area contributed by atoms with Gasteiger partial charge in [0.2, 0.25) is 0 Å². The Balaban J connectivity index is 1.89. The van der Waals surface area contributed by atoms with Crippen molar-refractivity contribution < 1.29 is 0 Å². The summed E-state index contributed by atoms with van der Waals surface area (Å²) < 4.78 is 0. The minimum Gasteiger partial charge on any atom is -0.301 e. The van der Waals surface area contributed by atoms with Crippen molar-refractivity contribution in [1.29, 1.82) is 0 Å². The molecule has 1 aliphatic carbocycles. The van der Waals surface area contributed by atoms with Gasteiger partial charge in [-0.25, -0.2) is 0 Å². The van der Waals surface area contributed by atoms with Crippen LogP contribution in [-0.2, 0) is 0 Å². The van der Waals surface area contributed by atoms with E-state index in [0.29, 0.717) is 5.41 Å². The van der Waals surface area contributed by atoms with Crippen LogP contribution < -0.4 is 0 Å². The molecule has 0 aromatic heterocycles. The molecule has 0 N–H and O–H groups in total. The Morgan fingerprint density at radius 3 is 2.69 bits per heavy atom. The normalized spacial score (nSPS) is 31.5. The molecule has 0 spiro atoms. The van der Waals surface area contributed by atoms with Crippen molar-refractivity contribution >= 4 is 27.7 Å². The third kappa shape index (κ3) is 3.39. The van der Waals surface area contributed by atoms with Crippen LogP contribution in [0, 0.1) is 5.41 Å². The average molecular weight is 306 g/mol. The monoisotopic (exact) mass is 305 g/mol. The number of thioether (sulfide) groups is 1. The van der Waals surface area contributed by atoms with Crippen LogP contribution in [0.3, 0.4) is 0 Å². The number of rotatable bonds is 3. The molecule has 2 fully saturated rings. The van der Waals surface area contributed by atoms with Crippen LogP contribution >= 0.6 is 27.7 Å². The molecule has 0 amide bonds. The van der Waals surface area contributed by atoms with Gasteiger partial charge in [0, 0.05) is 36.0 Å². The largest absolute Gasteiger partial charge is 0.301 e. The number of halogens is 1. The fourth-order valence-corrected chi connectivity index (χ4v) is 4.96. The first-order valence-corrected chi connectivity index (χ1v) is 8.81. The van der Waals surface area contributed by atoms with Gasteiger partial charge in [-0.1, -0.05) is 42.1 Å². The average Bonchev–Trinajstić information content (AvgIpc) is 2.30. The topological polar surface area (TPSA) is 3.24 Å². The van der Waals surface area contributed by atoms with Crippen LogP contribution in [0.25, 0.3) is 0 Å². The van der Waals surface area contributed by atoms with Gasteiger partial charge in [-0.15, -0.1) is 0 Å². The van der Waals surface area contributed by atoms with Crippen molar-refractivity contribution in [3.8, 4) is 0 Å². The molecule has 0 aromatic rings. The number of nitrogens with zero attached hydrogens (tertiary/aromatic N) is 1. The summed E-state index contributed by atoms with van der Waals surface area (Å²) in [6.07, 6.45) is 7.24. The zero-order valence-corrected chi connectivity index (χ0v) is 12.8. The Hall–Kier alpha value is 0.790. The van der Waals surface area contributed by atoms with E-state index in [1.54, 1.807) is 0 Å². The lowest BCUT2D eigenvalue weighted by Crippen LogP contribution is -2.45. The molecule has 1 nitrogen and oxygen atoms in total. The molecule has 2 rings (SSSR count). The van der Waals surface area contributed by atoms with Crippen LogP contribution in [0.1, 0.15) is 39.0 Å². The third-order valence-electron chi connectivity index (χ3n) is 4.08. The van der Waals surface area contributed by atoms with Crippen LogP contribution in [0.5, 0.6) is 0 Å². The number of hydrogen-bond donors (Lipinski definition) is 0. The highest BCUT2D eigenvalue weighted by Gasteiger charge is 2.33. The van der Waals surface area contributed by atoms with E-state index < -0.39 is 0 Å². The minimum atomic E-state index is 0.597. The Morgan fingerprint density at radius 2 is 2.06 bits per heavy atom. The van der Waals surface area contributed by atoms with Crippen molar-refractivity contribution in [2.24, 2.45) is 5.41 Å². The SMILES string of the molecule is CC1CN(CC2(CBr)CCCCC2)CCS1. The molecule has 1 unspecified atom stereocenters. The van der Waals surface area contributed by atoms with Crippen molar-refractivity contribution in [1.82, 2.24) is 4.90 Å². The van der Waals surface area contributed by atoms with Crippen LogP contribution in [0.2, 0.25) is 0 Å². The second kappa shape index (κ2) is 6.10. The van der Waals surface area contributed by atoms with E-state index in [1.165, 1.54) is 62.8 Å². The lowest BCUT2D eigenvalue weighted by Gasteiger charge is -2.42. The van der Waals surface area contributed by atoms with Gasteiger partial charge in [0.25, 0.3) is 0 Å². The summed E-state index contributed by atoms with van der Waals surface area (Å²) in [4.78, 5) is 2.72. The van der Waals surface area contributed by atoms with Gasteiger partial charge in [-0.05, 0) is 18.3 Å². The Labute approximate surface area is 113 Å². The van der Waals surface area contributed by atoms with Gasteiger partial charge < -0.3 is 4.90 Å². The predicted octanol–water partition coefficient (Wildman–Crippen LogP) is 3.77. The molecule has 0 aromatic carbocycles. The van der Waals surface area contributed by atoms with E-state index in [-0.39, 0.29) is 0 Å². The maximum atomic E-state index is 3.78. The number of hydrogen-bond acceptors (Lipinski definition) is 2. The first kappa shape index (κ1) is 13.2. The fourth-order valence-electron chi connectivity index (χ4n) is 3.14. The molecule has 1 aliphatic heterocycles. The second-order valence-corrected chi connectivity index (χ2v) is 7.72. The summed E-state index contributed by atoms with van der Waals surface area (Å²) in [5, 5.41) is 2.04. The first-order valence-electron chi connectivity index (χ1n) is 6.64. The molecule has 0 bridgehead atoms. The van der Waals surface area contributed by atoms with Gasteiger partial charge in [-0.2, -0.15) is 11.8 Å². The standard InChI is InChI=1S/C13H24BrNS/c1-12-9-15(7-8-16-12)11-13(10-14)5-3-2-4-6-13/h12H,2-11H2,1H3. The predicted molar refractivity (Wildman–Crippen MR) is 77.7 cm³/mol. The highest BCUT2D eigenvalue weighted by atomic mass is 79.9. The van der Waals surface area contributed by atoms with Gasteiger partial charge in [-0.3, -0.25) is 0 Å². The maximum Gasteiger partial charge on any atom is 0.0147 e. The zero-order chi connectivity index (χ0) is 11.4. The van der Waals surface area contributed by atoms with Gasteiger partial charge in [0.1, 0.15) is 0 Å². The zero-order valence-electron chi connectivity index (χ0n) is 10.4. The molecule has 16 heavy (non-hydrogen) atoms. The second-order valence-electron chi connectivity index (χ2n) is 5.61. The van der Waals surface area contributed by atoms with E-state index >= 15 is 0 Å². The lowest BCUT2D eigenvalue weighted by atomic mass is 9.75. The summed E-state index contributed by atoms with van der Waals surface area (Å²) in [6, 6.07) is 0. The van der Waals surface area contributed by atoms with Gasteiger partial charge in [0.05, 0.1) is 0 Å². The molecule has 2 aliphatic rings. The minimum absolute atomic E-state index is 0.597. The molecule has 3 heteroatoms. The van der Waals surface area contributed by atoms with Crippen LogP contribution in [0.4, 0.5) is 0 Å². The lowest BCUT2D eigenvalue weighted by molar-refractivity contribution is 0.130. The summed E-state index contributed by atoms with van der Waals surface area (Å²) >= 11 is 5.92. The Kier molecular flexibility index (Phi) is 5.05. The van der Waals surface area contributed by atoms with E-state index in [1.807, 2.05) is 0 Å². The van der Waals surface area contributed by atoms with Crippen molar-refractivity contribution in [3.63, 3.8) is 0 Å². The van der Waals surface area contributed by atoms with E-state index in [9.17, 15) is 0 Å². The molecule has 94 valence electrons. The molecule has 1 saturated carbocycles. The summed E-state index contributed by atoms with van der Waals surface area (Å²) in [6.45, 7) is 6.32. The highest BCUT2D eigenvalue weighted by molar-refractivity contribution is 9.09. The van der Waals surface area contributed by atoms with Crippen molar-refractivity contribution in [2.45, 2.75) is 44.3 Å². The third-order valence-corrected chi connectivity index (χ3v) is 6.41. The maximum absolute atomic E-state index is 3.78. The molecule has 0 radical (unpaired) electrons.